The first-order chi connectivity index (χ1) is 8.67. The van der Waals surface area contributed by atoms with E-state index in [0.717, 1.165) is 15.2 Å². The molecule has 7 heteroatoms. The fourth-order valence-electron chi connectivity index (χ4n) is 2.24. The Hall–Kier alpha value is -1.17. The highest BCUT2D eigenvalue weighted by Crippen LogP contribution is 2.55. The van der Waals surface area contributed by atoms with Gasteiger partial charge in [0.05, 0.1) is 0 Å². The fraction of sp³-hybridized carbons (Fsp3) is 0.667. The molecule has 1 aliphatic carbocycles. The molecular weight excluding hydrogens is 278 g/mol. The molecule has 0 saturated heterocycles. The van der Waals surface area contributed by atoms with Crippen LogP contribution in [0.4, 0.5) is 8.78 Å². The fourth-order valence-corrected chi connectivity index (χ4v) is 2.48. The highest BCUT2D eigenvalue weighted by Gasteiger charge is 2.65. The van der Waals surface area contributed by atoms with Crippen LogP contribution in [0, 0.1) is 11.8 Å². The van der Waals surface area contributed by atoms with E-state index in [9.17, 15) is 18.4 Å². The number of alkyl halides is 2. The van der Waals surface area contributed by atoms with Crippen LogP contribution in [0.3, 0.4) is 0 Å². The van der Waals surface area contributed by atoms with Gasteiger partial charge >= 0.3 is 5.69 Å². The van der Waals surface area contributed by atoms with Gasteiger partial charge in [0, 0.05) is 30.5 Å². The molecule has 106 valence electrons. The summed E-state index contributed by atoms with van der Waals surface area (Å²) in [7, 11) is 0. The van der Waals surface area contributed by atoms with Crippen molar-refractivity contribution >= 4 is 11.6 Å². The summed E-state index contributed by atoms with van der Waals surface area (Å²) in [6, 6.07) is 0.745. The number of aromatic nitrogens is 2. The maximum absolute atomic E-state index is 13.3. The molecule has 0 aliphatic heterocycles. The molecule has 1 aliphatic rings. The van der Waals surface area contributed by atoms with Gasteiger partial charge in [-0.25, -0.2) is 13.6 Å². The summed E-state index contributed by atoms with van der Waals surface area (Å²) in [4.78, 5) is 23.8. The topological polar surface area (TPSA) is 44.0 Å². The summed E-state index contributed by atoms with van der Waals surface area (Å²) in [5.74, 6) is -4.43. The summed E-state index contributed by atoms with van der Waals surface area (Å²) in [5.41, 5.74) is -1.15. The zero-order valence-electron chi connectivity index (χ0n) is 10.9. The lowest BCUT2D eigenvalue weighted by Gasteiger charge is -2.14. The van der Waals surface area contributed by atoms with Gasteiger partial charge in [0.25, 0.3) is 11.5 Å². The van der Waals surface area contributed by atoms with Gasteiger partial charge in [-0.1, -0.05) is 18.5 Å². The van der Waals surface area contributed by atoms with E-state index in [1.54, 1.807) is 13.8 Å². The average Bonchev–Trinajstić information content (AvgIpc) is 2.72. The highest BCUT2D eigenvalue weighted by atomic mass is 35.5. The van der Waals surface area contributed by atoms with Crippen molar-refractivity contribution in [1.82, 2.24) is 9.13 Å². The van der Waals surface area contributed by atoms with Gasteiger partial charge in [-0.15, -0.1) is 0 Å². The van der Waals surface area contributed by atoms with Crippen LogP contribution in [0.5, 0.6) is 0 Å². The van der Waals surface area contributed by atoms with E-state index in [4.69, 9.17) is 11.6 Å². The van der Waals surface area contributed by atoms with Gasteiger partial charge < -0.3 is 0 Å². The SMILES string of the molecule is CC(C)n1c(=O)cc(Cl)n(C[C@@H]2[C@@H](C)C2(F)F)c1=O. The highest BCUT2D eigenvalue weighted by molar-refractivity contribution is 6.29. The van der Waals surface area contributed by atoms with Gasteiger partial charge in [-0.2, -0.15) is 0 Å². The second kappa shape index (κ2) is 4.44. The maximum Gasteiger partial charge on any atom is 0.332 e. The minimum Gasteiger partial charge on any atom is -0.283 e. The van der Waals surface area contributed by atoms with Crippen LogP contribution in [0.25, 0.3) is 0 Å². The second-order valence-corrected chi connectivity index (χ2v) is 5.62. The third kappa shape index (κ3) is 2.22. The molecule has 19 heavy (non-hydrogen) atoms. The van der Waals surface area contributed by atoms with Crippen LogP contribution in [-0.2, 0) is 6.54 Å². The lowest BCUT2D eigenvalue weighted by atomic mass is 10.3. The molecule has 2 rings (SSSR count). The van der Waals surface area contributed by atoms with Crippen molar-refractivity contribution in [3.63, 3.8) is 0 Å². The predicted molar refractivity (Wildman–Crippen MR) is 68.0 cm³/mol. The van der Waals surface area contributed by atoms with E-state index in [-0.39, 0.29) is 17.7 Å². The molecule has 1 heterocycles. The summed E-state index contributed by atoms with van der Waals surface area (Å²) < 4.78 is 28.6. The van der Waals surface area contributed by atoms with Gasteiger partial charge in [-0.3, -0.25) is 13.9 Å². The van der Waals surface area contributed by atoms with Crippen LogP contribution < -0.4 is 11.2 Å². The first-order valence-electron chi connectivity index (χ1n) is 6.07. The largest absolute Gasteiger partial charge is 0.332 e. The molecule has 1 saturated carbocycles. The zero-order chi connectivity index (χ0) is 14.5. The first kappa shape index (κ1) is 14.2. The second-order valence-electron chi connectivity index (χ2n) is 5.23. The molecular formula is C12H15ClF2N2O2. The Labute approximate surface area is 113 Å². The number of nitrogens with zero attached hydrogens (tertiary/aromatic N) is 2. The Morgan fingerprint density at radius 3 is 2.37 bits per heavy atom. The van der Waals surface area contributed by atoms with Gasteiger partial charge in [0.2, 0.25) is 0 Å². The minimum absolute atomic E-state index is 0.0956. The third-order valence-corrected chi connectivity index (χ3v) is 3.98. The summed E-state index contributed by atoms with van der Waals surface area (Å²) in [6.07, 6.45) is 0. The Morgan fingerprint density at radius 2 is 1.95 bits per heavy atom. The van der Waals surface area contributed by atoms with Crippen LogP contribution in [0.1, 0.15) is 26.8 Å². The van der Waals surface area contributed by atoms with Crippen LogP contribution in [-0.4, -0.2) is 15.1 Å². The monoisotopic (exact) mass is 292 g/mol. The molecule has 0 unspecified atom stereocenters. The summed E-state index contributed by atoms with van der Waals surface area (Å²) in [6.45, 7) is 4.62. The number of rotatable bonds is 3. The van der Waals surface area contributed by atoms with Crippen molar-refractivity contribution in [1.29, 1.82) is 0 Å². The van der Waals surface area contributed by atoms with E-state index in [1.165, 1.54) is 6.92 Å². The smallest absolute Gasteiger partial charge is 0.283 e. The first-order valence-corrected chi connectivity index (χ1v) is 6.45. The Balaban J connectivity index is 2.45. The Kier molecular flexibility index (Phi) is 3.33. The standard InChI is InChI=1S/C12H15ClF2N2O2/c1-6(2)17-10(18)4-9(13)16(11(17)19)5-8-7(3)12(8,14)15/h4,6-8H,5H2,1-3H3/t7-,8-/m1/s1. The average molecular weight is 293 g/mol. The van der Waals surface area contributed by atoms with E-state index >= 15 is 0 Å². The van der Waals surface area contributed by atoms with Crippen LogP contribution >= 0.6 is 11.6 Å². The molecule has 0 bridgehead atoms. The van der Waals surface area contributed by atoms with Gasteiger partial charge in [0.1, 0.15) is 5.15 Å². The van der Waals surface area contributed by atoms with Crippen molar-refractivity contribution in [3.8, 4) is 0 Å². The van der Waals surface area contributed by atoms with Crippen molar-refractivity contribution in [2.45, 2.75) is 39.3 Å². The van der Waals surface area contributed by atoms with E-state index in [0.29, 0.717) is 0 Å². The molecule has 1 fully saturated rings. The van der Waals surface area contributed by atoms with Crippen LogP contribution in [0.2, 0.25) is 5.15 Å². The summed E-state index contributed by atoms with van der Waals surface area (Å²) >= 11 is 5.83. The van der Waals surface area contributed by atoms with Gasteiger partial charge in [-0.05, 0) is 13.8 Å². The van der Waals surface area contributed by atoms with Gasteiger partial charge in [0.15, 0.2) is 0 Å². The molecule has 0 amide bonds. The quantitative estimate of drug-likeness (QED) is 0.801. The number of hydrogen-bond acceptors (Lipinski definition) is 2. The molecule has 2 atom stereocenters. The third-order valence-electron chi connectivity index (χ3n) is 3.67. The van der Waals surface area contributed by atoms with Crippen LogP contribution in [0.15, 0.2) is 15.7 Å². The lowest BCUT2D eigenvalue weighted by Crippen LogP contribution is -2.41. The lowest BCUT2D eigenvalue weighted by molar-refractivity contribution is 0.0833. The molecule has 4 nitrogen and oxygen atoms in total. The van der Waals surface area contributed by atoms with Crippen molar-refractivity contribution < 1.29 is 8.78 Å². The number of halogens is 3. The van der Waals surface area contributed by atoms with E-state index in [1.807, 2.05) is 0 Å². The van der Waals surface area contributed by atoms with Crippen molar-refractivity contribution in [2.75, 3.05) is 0 Å². The molecule has 0 radical (unpaired) electrons. The maximum atomic E-state index is 13.3. The number of hydrogen-bond donors (Lipinski definition) is 0. The Morgan fingerprint density at radius 1 is 1.42 bits per heavy atom. The van der Waals surface area contributed by atoms with E-state index in [2.05, 4.69) is 0 Å². The summed E-state index contributed by atoms with van der Waals surface area (Å²) in [5, 5.41) is -0.0956. The normalized spacial score (nSPS) is 24.8. The van der Waals surface area contributed by atoms with Crippen molar-refractivity contribution in [3.05, 3.63) is 32.1 Å². The molecule has 0 aromatic carbocycles. The molecule has 0 N–H and O–H groups in total. The predicted octanol–water partition coefficient (Wildman–Crippen LogP) is 2.15. The molecule has 1 aromatic heterocycles. The molecule has 0 spiro atoms. The van der Waals surface area contributed by atoms with Crippen molar-refractivity contribution in [2.24, 2.45) is 11.8 Å². The Bertz CT molecular complexity index is 621. The molecule has 1 aromatic rings. The minimum atomic E-state index is -2.76. The van der Waals surface area contributed by atoms with E-state index < -0.39 is 29.0 Å². The zero-order valence-corrected chi connectivity index (χ0v) is 11.6.